The van der Waals surface area contributed by atoms with E-state index in [4.69, 9.17) is 4.42 Å². The van der Waals surface area contributed by atoms with Crippen LogP contribution in [0.3, 0.4) is 0 Å². The molecule has 0 bridgehead atoms. The van der Waals surface area contributed by atoms with Crippen LogP contribution in [0.2, 0.25) is 0 Å². The Labute approximate surface area is 154 Å². The molecule has 0 aliphatic rings. The van der Waals surface area contributed by atoms with Gasteiger partial charge in [-0.05, 0) is 40.6 Å². The van der Waals surface area contributed by atoms with Crippen LogP contribution >= 0.6 is 0 Å². The molecule has 0 saturated heterocycles. The number of benzene rings is 3. The fourth-order valence-corrected chi connectivity index (χ4v) is 3.65. The van der Waals surface area contributed by atoms with E-state index in [1.54, 1.807) is 30.7 Å². The van der Waals surface area contributed by atoms with Gasteiger partial charge < -0.3 is 14.1 Å². The van der Waals surface area contributed by atoms with Crippen molar-refractivity contribution in [3.05, 3.63) is 90.9 Å². The van der Waals surface area contributed by atoms with Crippen molar-refractivity contribution in [1.82, 2.24) is 4.57 Å². The molecule has 0 spiro atoms. The maximum atomic E-state index is 11.4. The number of fused-ring (bicyclic) bond motifs is 3. The van der Waals surface area contributed by atoms with Gasteiger partial charge in [0, 0.05) is 11.5 Å². The van der Waals surface area contributed by atoms with Gasteiger partial charge in [0.25, 0.3) is 0 Å². The van der Waals surface area contributed by atoms with E-state index in [0.717, 1.165) is 33.2 Å². The summed E-state index contributed by atoms with van der Waals surface area (Å²) in [6, 6.07) is 23.5. The number of nitrogens with zero attached hydrogens (tertiary/aromatic N) is 1. The minimum atomic E-state index is -0.937. The van der Waals surface area contributed by atoms with E-state index >= 15 is 0 Å². The largest absolute Gasteiger partial charge is 0.478 e. The standard InChI is InChI=1S/C23H15NO3/c25-23(26)17-6-3-5-16(12-17)22-13-20-19-7-2-1-4-15(19)8-9-21(20)24(22)18-10-11-27-14-18/h1-14H,(H,25,26). The molecule has 2 aromatic heterocycles. The Morgan fingerprint density at radius 1 is 0.889 bits per heavy atom. The minimum Gasteiger partial charge on any atom is -0.478 e. The predicted octanol–water partition coefficient (Wildman–Crippen LogP) is 5.74. The summed E-state index contributed by atoms with van der Waals surface area (Å²) in [7, 11) is 0. The van der Waals surface area contributed by atoms with Crippen molar-refractivity contribution in [2.75, 3.05) is 0 Å². The molecule has 0 aliphatic heterocycles. The summed E-state index contributed by atoms with van der Waals surface area (Å²) in [5.41, 5.74) is 3.98. The molecule has 4 nitrogen and oxygen atoms in total. The van der Waals surface area contributed by atoms with E-state index in [0.29, 0.717) is 0 Å². The van der Waals surface area contributed by atoms with Crippen LogP contribution in [-0.4, -0.2) is 15.6 Å². The molecule has 27 heavy (non-hydrogen) atoms. The molecule has 0 saturated carbocycles. The molecular weight excluding hydrogens is 338 g/mol. The molecule has 2 heterocycles. The molecule has 0 unspecified atom stereocenters. The van der Waals surface area contributed by atoms with Gasteiger partial charge in [-0.15, -0.1) is 0 Å². The predicted molar refractivity (Wildman–Crippen MR) is 105 cm³/mol. The molecule has 130 valence electrons. The Balaban J connectivity index is 1.88. The van der Waals surface area contributed by atoms with Crippen molar-refractivity contribution in [1.29, 1.82) is 0 Å². The number of carbonyl (C=O) groups is 1. The minimum absolute atomic E-state index is 0.265. The van der Waals surface area contributed by atoms with Crippen LogP contribution in [0.25, 0.3) is 38.6 Å². The topological polar surface area (TPSA) is 55.4 Å². The Morgan fingerprint density at radius 3 is 2.59 bits per heavy atom. The molecule has 0 radical (unpaired) electrons. The normalized spacial score (nSPS) is 11.3. The van der Waals surface area contributed by atoms with Crippen LogP contribution in [0, 0.1) is 0 Å². The van der Waals surface area contributed by atoms with Crippen LogP contribution in [0.1, 0.15) is 10.4 Å². The third kappa shape index (κ3) is 2.42. The Kier molecular flexibility index (Phi) is 3.37. The Bertz CT molecular complexity index is 1300. The van der Waals surface area contributed by atoms with E-state index in [1.807, 2.05) is 24.3 Å². The molecule has 5 rings (SSSR count). The number of rotatable bonds is 3. The van der Waals surface area contributed by atoms with Crippen LogP contribution in [0.5, 0.6) is 0 Å². The quantitative estimate of drug-likeness (QED) is 0.450. The second-order valence-electron chi connectivity index (χ2n) is 6.45. The van der Waals surface area contributed by atoms with Crippen molar-refractivity contribution in [2.45, 2.75) is 0 Å². The van der Waals surface area contributed by atoms with Gasteiger partial charge in [0.2, 0.25) is 0 Å². The summed E-state index contributed by atoms with van der Waals surface area (Å²) in [6.07, 6.45) is 3.33. The summed E-state index contributed by atoms with van der Waals surface area (Å²) in [5, 5.41) is 12.8. The summed E-state index contributed by atoms with van der Waals surface area (Å²) >= 11 is 0. The fraction of sp³-hybridized carbons (Fsp3) is 0. The highest BCUT2D eigenvalue weighted by Crippen LogP contribution is 2.35. The van der Waals surface area contributed by atoms with Gasteiger partial charge in [-0.2, -0.15) is 0 Å². The molecular formula is C23H15NO3. The lowest BCUT2D eigenvalue weighted by Crippen LogP contribution is -1.98. The van der Waals surface area contributed by atoms with Crippen molar-refractivity contribution >= 4 is 27.6 Å². The first kappa shape index (κ1) is 15.5. The zero-order chi connectivity index (χ0) is 18.4. The number of furan rings is 1. The fourth-order valence-electron chi connectivity index (χ4n) is 3.65. The van der Waals surface area contributed by atoms with Crippen molar-refractivity contribution in [2.24, 2.45) is 0 Å². The molecule has 0 atom stereocenters. The number of hydrogen-bond donors (Lipinski definition) is 1. The van der Waals surface area contributed by atoms with Gasteiger partial charge in [0.1, 0.15) is 6.26 Å². The number of aromatic nitrogens is 1. The van der Waals surface area contributed by atoms with Gasteiger partial charge in [-0.3, -0.25) is 0 Å². The maximum Gasteiger partial charge on any atom is 0.335 e. The van der Waals surface area contributed by atoms with E-state index < -0.39 is 5.97 Å². The van der Waals surface area contributed by atoms with Crippen LogP contribution < -0.4 is 0 Å². The molecule has 0 aliphatic carbocycles. The number of hydrogen-bond acceptors (Lipinski definition) is 2. The summed E-state index contributed by atoms with van der Waals surface area (Å²) in [4.78, 5) is 11.4. The van der Waals surface area contributed by atoms with Crippen molar-refractivity contribution < 1.29 is 14.3 Å². The summed E-state index contributed by atoms with van der Waals surface area (Å²) in [5.74, 6) is -0.937. The Morgan fingerprint density at radius 2 is 1.78 bits per heavy atom. The summed E-state index contributed by atoms with van der Waals surface area (Å²) in [6.45, 7) is 0. The lowest BCUT2D eigenvalue weighted by Gasteiger charge is -2.09. The molecule has 5 aromatic rings. The molecule has 1 N–H and O–H groups in total. The molecule has 3 aromatic carbocycles. The van der Waals surface area contributed by atoms with Crippen molar-refractivity contribution in [3.8, 4) is 16.9 Å². The second kappa shape index (κ2) is 5.88. The third-order valence-corrected chi connectivity index (χ3v) is 4.88. The number of carboxylic acids is 1. The first-order valence-corrected chi connectivity index (χ1v) is 8.62. The van der Waals surface area contributed by atoms with E-state index in [1.165, 1.54) is 5.39 Å². The number of aromatic carboxylic acids is 1. The van der Waals surface area contributed by atoms with Gasteiger partial charge >= 0.3 is 5.97 Å². The van der Waals surface area contributed by atoms with Gasteiger partial charge in [0.05, 0.1) is 28.7 Å². The smallest absolute Gasteiger partial charge is 0.335 e. The maximum absolute atomic E-state index is 11.4. The lowest BCUT2D eigenvalue weighted by molar-refractivity contribution is 0.0697. The average molecular weight is 353 g/mol. The highest BCUT2D eigenvalue weighted by molar-refractivity contribution is 6.09. The van der Waals surface area contributed by atoms with Crippen LogP contribution in [-0.2, 0) is 0 Å². The highest BCUT2D eigenvalue weighted by Gasteiger charge is 2.16. The zero-order valence-electron chi connectivity index (χ0n) is 14.3. The molecule has 4 heteroatoms. The summed E-state index contributed by atoms with van der Waals surface area (Å²) < 4.78 is 7.42. The number of carboxylic acid groups (broad SMARTS) is 1. The zero-order valence-corrected chi connectivity index (χ0v) is 14.3. The van der Waals surface area contributed by atoms with Gasteiger partial charge in [-0.25, -0.2) is 4.79 Å². The lowest BCUT2D eigenvalue weighted by atomic mass is 10.1. The molecule has 0 fully saturated rings. The first-order chi connectivity index (χ1) is 13.2. The average Bonchev–Trinajstić information content (AvgIpc) is 3.35. The van der Waals surface area contributed by atoms with Gasteiger partial charge in [0.15, 0.2) is 0 Å². The van der Waals surface area contributed by atoms with E-state index in [9.17, 15) is 9.90 Å². The highest BCUT2D eigenvalue weighted by atomic mass is 16.4. The Hall–Kier alpha value is -3.79. The van der Waals surface area contributed by atoms with E-state index in [-0.39, 0.29) is 5.56 Å². The van der Waals surface area contributed by atoms with Crippen LogP contribution in [0.15, 0.2) is 89.7 Å². The monoisotopic (exact) mass is 353 g/mol. The van der Waals surface area contributed by atoms with E-state index in [2.05, 4.69) is 34.9 Å². The molecule has 0 amide bonds. The van der Waals surface area contributed by atoms with Gasteiger partial charge in [-0.1, -0.05) is 42.5 Å². The first-order valence-electron chi connectivity index (χ1n) is 8.62. The van der Waals surface area contributed by atoms with Crippen LogP contribution in [0.4, 0.5) is 0 Å². The SMILES string of the molecule is O=C(O)c1cccc(-c2cc3c4ccccc4ccc3n2-c2ccoc2)c1. The second-order valence-corrected chi connectivity index (χ2v) is 6.45. The van der Waals surface area contributed by atoms with Crippen molar-refractivity contribution in [3.63, 3.8) is 0 Å². The third-order valence-electron chi connectivity index (χ3n) is 4.88.